The fourth-order valence-electron chi connectivity index (χ4n) is 3.26. The molecule has 92 valence electrons. The zero-order chi connectivity index (χ0) is 13.0. The molecule has 0 N–H and O–H groups in total. The molecule has 0 saturated carbocycles. The Morgan fingerprint density at radius 2 is 1.11 bits per heavy atom. The third-order valence-corrected chi connectivity index (χ3v) is 8.26. The number of hydrogen-bond donors (Lipinski definition) is 0. The van der Waals surface area contributed by atoms with Gasteiger partial charge >= 0.3 is 0 Å². The molecule has 1 aliphatic carbocycles. The van der Waals surface area contributed by atoms with E-state index in [1.165, 1.54) is 22.3 Å². The van der Waals surface area contributed by atoms with Gasteiger partial charge in [-0.2, -0.15) is 0 Å². The van der Waals surface area contributed by atoms with Gasteiger partial charge in [0.25, 0.3) is 0 Å². The lowest BCUT2D eigenvalue weighted by Crippen LogP contribution is -2.46. The van der Waals surface area contributed by atoms with Crippen molar-refractivity contribution in [3.05, 3.63) is 59.7 Å². The zero-order valence-corrected chi connectivity index (χ0v) is 12.6. The second-order valence-corrected chi connectivity index (χ2v) is 12.0. The van der Waals surface area contributed by atoms with Gasteiger partial charge in [-0.15, -0.1) is 0 Å². The summed E-state index contributed by atoms with van der Waals surface area (Å²) >= 11 is 0. The zero-order valence-electron chi connectivity index (χ0n) is 11.6. The summed E-state index contributed by atoms with van der Waals surface area (Å²) in [5.41, 5.74) is 5.95. The van der Waals surface area contributed by atoms with E-state index in [-0.39, 0.29) is 5.04 Å². The van der Waals surface area contributed by atoms with E-state index in [1.807, 2.05) is 0 Å². The molecule has 0 bridgehead atoms. The van der Waals surface area contributed by atoms with Gasteiger partial charge in [-0.05, 0) is 22.3 Å². The normalized spacial score (nSPS) is 16.2. The Morgan fingerprint density at radius 1 is 0.722 bits per heavy atom. The molecule has 0 unspecified atom stereocenters. The molecule has 18 heavy (non-hydrogen) atoms. The van der Waals surface area contributed by atoms with E-state index in [0.29, 0.717) is 0 Å². The molecule has 0 atom stereocenters. The first-order valence-electron chi connectivity index (χ1n) is 6.65. The predicted octanol–water partition coefficient (Wildman–Crippen LogP) is 4.85. The van der Waals surface area contributed by atoms with Gasteiger partial charge in [-0.25, -0.2) is 0 Å². The highest BCUT2D eigenvalue weighted by atomic mass is 28.3. The molecule has 0 fully saturated rings. The topological polar surface area (TPSA) is 0 Å². The molecule has 0 heterocycles. The molecule has 2 aromatic rings. The van der Waals surface area contributed by atoms with Crippen LogP contribution in [0.15, 0.2) is 48.5 Å². The second-order valence-electron chi connectivity index (χ2n) is 6.47. The molecule has 0 radical (unpaired) electrons. The first-order valence-corrected chi connectivity index (χ1v) is 10.2. The number of benzene rings is 2. The molecule has 0 aromatic heterocycles. The van der Waals surface area contributed by atoms with E-state index in [0.717, 1.165) is 0 Å². The van der Waals surface area contributed by atoms with Crippen LogP contribution in [0.2, 0.25) is 19.6 Å². The summed E-state index contributed by atoms with van der Waals surface area (Å²) in [6.45, 7) is 9.88. The van der Waals surface area contributed by atoms with Gasteiger partial charge in [0.2, 0.25) is 0 Å². The van der Waals surface area contributed by atoms with Gasteiger partial charge in [0.05, 0.1) is 8.07 Å². The van der Waals surface area contributed by atoms with Crippen LogP contribution in [-0.2, 0) is 5.04 Å². The second kappa shape index (κ2) is 3.58. The van der Waals surface area contributed by atoms with Gasteiger partial charge in [0.1, 0.15) is 0 Å². The van der Waals surface area contributed by atoms with Crippen LogP contribution in [-0.4, -0.2) is 8.07 Å². The molecule has 1 aliphatic rings. The van der Waals surface area contributed by atoms with Crippen molar-refractivity contribution in [1.29, 1.82) is 0 Å². The molecular weight excluding hydrogens is 232 g/mol. The third-order valence-electron chi connectivity index (χ3n) is 4.72. The standard InChI is InChI=1S/C17H20Si/c1-17(18(2,3)4)15-11-7-5-9-13(15)14-10-6-8-12-16(14)17/h5-12H,1-4H3. The van der Waals surface area contributed by atoms with Crippen LogP contribution in [0.5, 0.6) is 0 Å². The largest absolute Gasteiger partial charge is 0.0686 e. The van der Waals surface area contributed by atoms with Crippen molar-refractivity contribution in [2.24, 2.45) is 0 Å². The van der Waals surface area contributed by atoms with Crippen molar-refractivity contribution in [2.75, 3.05) is 0 Å². The summed E-state index contributed by atoms with van der Waals surface area (Å²) in [6.07, 6.45) is 0. The minimum atomic E-state index is -1.35. The van der Waals surface area contributed by atoms with Crippen LogP contribution in [0.4, 0.5) is 0 Å². The monoisotopic (exact) mass is 252 g/mol. The Morgan fingerprint density at radius 3 is 1.50 bits per heavy atom. The summed E-state index contributed by atoms with van der Waals surface area (Å²) in [5, 5.41) is 0.236. The Hall–Kier alpha value is -1.34. The lowest BCUT2D eigenvalue weighted by molar-refractivity contribution is 0.799. The Balaban J connectivity index is 2.41. The van der Waals surface area contributed by atoms with Gasteiger partial charge in [-0.1, -0.05) is 75.1 Å². The number of rotatable bonds is 1. The highest BCUT2D eigenvalue weighted by Gasteiger charge is 2.47. The van der Waals surface area contributed by atoms with E-state index < -0.39 is 8.07 Å². The quantitative estimate of drug-likeness (QED) is 0.636. The predicted molar refractivity (Wildman–Crippen MR) is 81.7 cm³/mol. The van der Waals surface area contributed by atoms with Crippen molar-refractivity contribution in [3.63, 3.8) is 0 Å². The first-order chi connectivity index (χ1) is 8.46. The molecule has 1 heteroatoms. The summed E-state index contributed by atoms with van der Waals surface area (Å²) < 4.78 is 0. The van der Waals surface area contributed by atoms with Crippen LogP contribution >= 0.6 is 0 Å². The lowest BCUT2D eigenvalue weighted by atomic mass is 9.98. The molecule has 0 aliphatic heterocycles. The minimum absolute atomic E-state index is 0.236. The smallest absolute Gasteiger partial charge is 0.0609 e. The maximum absolute atomic E-state index is 2.48. The van der Waals surface area contributed by atoms with E-state index in [2.05, 4.69) is 75.1 Å². The summed E-state index contributed by atoms with van der Waals surface area (Å²) in [6, 6.07) is 17.9. The van der Waals surface area contributed by atoms with Gasteiger partial charge in [-0.3, -0.25) is 0 Å². The molecule has 0 spiro atoms. The molecule has 2 aromatic carbocycles. The van der Waals surface area contributed by atoms with Crippen molar-refractivity contribution in [3.8, 4) is 11.1 Å². The van der Waals surface area contributed by atoms with Crippen LogP contribution in [0, 0.1) is 0 Å². The van der Waals surface area contributed by atoms with Gasteiger partial charge in [0.15, 0.2) is 0 Å². The SMILES string of the molecule is CC1([Si](C)(C)C)c2ccccc2-c2ccccc21. The lowest BCUT2D eigenvalue weighted by Gasteiger charge is -2.39. The third kappa shape index (κ3) is 1.31. The van der Waals surface area contributed by atoms with Crippen molar-refractivity contribution >= 4 is 8.07 Å². The maximum atomic E-state index is 2.48. The minimum Gasteiger partial charge on any atom is -0.0686 e. The summed E-state index contributed by atoms with van der Waals surface area (Å²) in [7, 11) is -1.35. The molecule has 0 saturated heterocycles. The summed E-state index contributed by atoms with van der Waals surface area (Å²) in [4.78, 5) is 0. The van der Waals surface area contributed by atoms with Crippen LogP contribution in [0.3, 0.4) is 0 Å². The highest BCUT2D eigenvalue weighted by molar-refractivity contribution is 6.80. The average molecular weight is 252 g/mol. The number of fused-ring (bicyclic) bond motifs is 3. The molecule has 3 rings (SSSR count). The molecule has 0 nitrogen and oxygen atoms in total. The maximum Gasteiger partial charge on any atom is 0.0609 e. The van der Waals surface area contributed by atoms with E-state index in [1.54, 1.807) is 0 Å². The van der Waals surface area contributed by atoms with E-state index in [9.17, 15) is 0 Å². The summed E-state index contributed by atoms with van der Waals surface area (Å²) in [5.74, 6) is 0. The van der Waals surface area contributed by atoms with Crippen LogP contribution in [0.1, 0.15) is 18.1 Å². The van der Waals surface area contributed by atoms with Crippen molar-refractivity contribution in [1.82, 2.24) is 0 Å². The number of hydrogen-bond acceptors (Lipinski definition) is 0. The molecule has 0 amide bonds. The van der Waals surface area contributed by atoms with Crippen LogP contribution < -0.4 is 0 Å². The Labute approximate surface area is 111 Å². The molecular formula is C17H20Si. The van der Waals surface area contributed by atoms with E-state index in [4.69, 9.17) is 0 Å². The van der Waals surface area contributed by atoms with Gasteiger partial charge in [0, 0.05) is 5.04 Å². The fourth-order valence-corrected chi connectivity index (χ4v) is 5.31. The van der Waals surface area contributed by atoms with Gasteiger partial charge < -0.3 is 0 Å². The Bertz CT molecular complexity index is 560. The average Bonchev–Trinajstić information content (AvgIpc) is 2.62. The van der Waals surface area contributed by atoms with Crippen molar-refractivity contribution < 1.29 is 0 Å². The van der Waals surface area contributed by atoms with Crippen LogP contribution in [0.25, 0.3) is 11.1 Å². The fraction of sp³-hybridized carbons (Fsp3) is 0.294. The first kappa shape index (κ1) is 11.7. The Kier molecular flexibility index (Phi) is 2.33. The van der Waals surface area contributed by atoms with Crippen molar-refractivity contribution in [2.45, 2.75) is 31.6 Å². The van der Waals surface area contributed by atoms with E-state index >= 15 is 0 Å². The highest BCUT2D eigenvalue weighted by Crippen LogP contribution is 2.52.